The van der Waals surface area contributed by atoms with Crippen molar-refractivity contribution in [1.82, 2.24) is 4.90 Å². The minimum Gasteiger partial charge on any atom is -0.483 e. The number of hydrogen-bond acceptors (Lipinski definition) is 5. The summed E-state index contributed by atoms with van der Waals surface area (Å²) in [6.45, 7) is 6.36. The van der Waals surface area contributed by atoms with Crippen LogP contribution in [0.2, 0.25) is 0 Å². The SMILES string of the molecule is Cc1ccc2c3c1O[C@H]1C4(CCC5(OC/C=C/c6ccccc6)C(C2)N(CC2CC2)CC[C@]315)OCCO4. The highest BCUT2D eigenvalue weighted by Gasteiger charge is 2.78. The highest BCUT2D eigenvalue weighted by molar-refractivity contribution is 5.61. The molecule has 0 N–H and O–H groups in total. The number of likely N-dealkylation sites (tertiary alicyclic amines) is 1. The second-order valence-electron chi connectivity index (χ2n) is 12.1. The van der Waals surface area contributed by atoms with E-state index in [4.69, 9.17) is 18.9 Å². The number of hydrogen-bond donors (Lipinski definition) is 0. The summed E-state index contributed by atoms with van der Waals surface area (Å²) in [5.74, 6) is 1.26. The van der Waals surface area contributed by atoms with Crippen LogP contribution >= 0.6 is 0 Å². The smallest absolute Gasteiger partial charge is 0.207 e. The van der Waals surface area contributed by atoms with Gasteiger partial charge in [-0.2, -0.15) is 0 Å². The van der Waals surface area contributed by atoms with Crippen molar-refractivity contribution in [3.8, 4) is 5.75 Å². The zero-order chi connectivity index (χ0) is 24.7. The fraction of sp³-hybridized carbons (Fsp3) is 0.562. The van der Waals surface area contributed by atoms with Gasteiger partial charge < -0.3 is 18.9 Å². The molecular weight excluding hydrogens is 462 g/mol. The predicted molar refractivity (Wildman–Crippen MR) is 142 cm³/mol. The van der Waals surface area contributed by atoms with Crippen LogP contribution < -0.4 is 4.74 Å². The summed E-state index contributed by atoms with van der Waals surface area (Å²) in [5, 5.41) is 0. The van der Waals surface area contributed by atoms with Crippen LogP contribution in [0.3, 0.4) is 0 Å². The lowest BCUT2D eigenvalue weighted by Gasteiger charge is -2.66. The maximum atomic E-state index is 7.27. The van der Waals surface area contributed by atoms with E-state index in [2.05, 4.69) is 66.4 Å². The number of aryl methyl sites for hydroxylation is 1. The highest BCUT2D eigenvalue weighted by atomic mass is 16.8. The van der Waals surface area contributed by atoms with Crippen molar-refractivity contribution < 1.29 is 18.9 Å². The number of nitrogens with zero attached hydrogens (tertiary/aromatic N) is 1. The van der Waals surface area contributed by atoms with Crippen LogP contribution in [-0.4, -0.2) is 61.3 Å². The Balaban J connectivity index is 1.25. The fourth-order valence-electron chi connectivity index (χ4n) is 8.56. The van der Waals surface area contributed by atoms with E-state index in [9.17, 15) is 0 Å². The Hall–Kier alpha value is -2.18. The lowest BCUT2D eigenvalue weighted by atomic mass is 9.47. The van der Waals surface area contributed by atoms with Crippen LogP contribution in [0.5, 0.6) is 5.75 Å². The number of piperidine rings is 1. The second-order valence-corrected chi connectivity index (χ2v) is 12.1. The molecule has 5 nitrogen and oxygen atoms in total. The van der Waals surface area contributed by atoms with Gasteiger partial charge in [0.1, 0.15) is 5.75 Å². The molecule has 6 aliphatic rings. The lowest BCUT2D eigenvalue weighted by molar-refractivity contribution is -0.304. The largest absolute Gasteiger partial charge is 0.483 e. The molecule has 4 atom stereocenters. The summed E-state index contributed by atoms with van der Waals surface area (Å²) in [7, 11) is 0. The Kier molecular flexibility index (Phi) is 5.02. The van der Waals surface area contributed by atoms with Crippen LogP contribution in [-0.2, 0) is 26.0 Å². The van der Waals surface area contributed by atoms with Gasteiger partial charge in [-0.3, -0.25) is 4.90 Å². The molecule has 3 heterocycles. The van der Waals surface area contributed by atoms with Crippen molar-refractivity contribution in [2.45, 2.75) is 74.4 Å². The van der Waals surface area contributed by atoms with Gasteiger partial charge in [0.15, 0.2) is 6.10 Å². The standard InChI is InChI=1S/C32H37NO4/c1-22-9-12-25-20-26-31(34-17-5-8-23-6-3-2-4-7-23)13-14-32(35-18-19-36-32)29-30(31,27(25)28(22)37-29)15-16-33(26)21-24-10-11-24/h2-9,12,24,26,29H,10-11,13-21H2,1H3/b8-5+/t26?,29-,30+,31?/m1/s1. The molecule has 3 aliphatic carbocycles. The van der Waals surface area contributed by atoms with Gasteiger partial charge in [-0.25, -0.2) is 0 Å². The number of benzene rings is 2. The van der Waals surface area contributed by atoms with E-state index >= 15 is 0 Å². The predicted octanol–water partition coefficient (Wildman–Crippen LogP) is 5.04. The van der Waals surface area contributed by atoms with E-state index in [1.807, 2.05) is 0 Å². The molecule has 194 valence electrons. The number of fused-ring (bicyclic) bond motifs is 1. The molecule has 2 saturated carbocycles. The summed E-state index contributed by atoms with van der Waals surface area (Å²) >= 11 is 0. The van der Waals surface area contributed by atoms with Crippen LogP contribution in [0.1, 0.15) is 54.4 Å². The first kappa shape index (κ1) is 22.8. The monoisotopic (exact) mass is 499 g/mol. The minimum absolute atomic E-state index is 0.171. The molecule has 2 saturated heterocycles. The molecule has 3 aliphatic heterocycles. The third-order valence-electron chi connectivity index (χ3n) is 10.3. The fourth-order valence-corrected chi connectivity index (χ4v) is 8.56. The average molecular weight is 500 g/mol. The first-order valence-corrected chi connectivity index (χ1v) is 14.3. The first-order valence-electron chi connectivity index (χ1n) is 14.3. The van der Waals surface area contributed by atoms with Crippen LogP contribution in [0.25, 0.3) is 6.08 Å². The molecule has 5 heteroatoms. The Morgan fingerprint density at radius 3 is 2.68 bits per heavy atom. The van der Waals surface area contributed by atoms with Crippen LogP contribution in [0.4, 0.5) is 0 Å². The normalized spacial score (nSPS) is 35.2. The van der Waals surface area contributed by atoms with Crippen molar-refractivity contribution in [1.29, 1.82) is 0 Å². The third-order valence-corrected chi connectivity index (χ3v) is 10.3. The number of rotatable bonds is 6. The molecule has 2 spiro atoms. The topological polar surface area (TPSA) is 40.2 Å². The summed E-state index contributed by atoms with van der Waals surface area (Å²) in [4.78, 5) is 2.79. The van der Waals surface area contributed by atoms with Crippen molar-refractivity contribution in [2.24, 2.45) is 5.92 Å². The maximum absolute atomic E-state index is 7.27. The molecule has 4 fully saturated rings. The van der Waals surface area contributed by atoms with E-state index in [1.54, 1.807) is 0 Å². The Morgan fingerprint density at radius 2 is 1.86 bits per heavy atom. The Morgan fingerprint density at radius 1 is 1.03 bits per heavy atom. The number of ether oxygens (including phenoxy) is 4. The third kappa shape index (κ3) is 3.12. The molecule has 0 amide bonds. The van der Waals surface area contributed by atoms with E-state index in [1.165, 1.54) is 41.6 Å². The first-order chi connectivity index (χ1) is 18.2. The van der Waals surface area contributed by atoms with Gasteiger partial charge in [0, 0.05) is 24.6 Å². The van der Waals surface area contributed by atoms with Gasteiger partial charge >= 0.3 is 0 Å². The summed E-state index contributed by atoms with van der Waals surface area (Å²) in [6.07, 6.45) is 10.8. The Bertz CT molecular complexity index is 1230. The van der Waals surface area contributed by atoms with Gasteiger partial charge in [-0.1, -0.05) is 54.6 Å². The summed E-state index contributed by atoms with van der Waals surface area (Å²) in [6, 6.07) is 15.5. The van der Waals surface area contributed by atoms with E-state index in [0.717, 1.165) is 43.9 Å². The molecule has 37 heavy (non-hydrogen) atoms. The van der Waals surface area contributed by atoms with Gasteiger partial charge in [-0.05, 0) is 68.2 Å². The summed E-state index contributed by atoms with van der Waals surface area (Å²) in [5.41, 5.74) is 4.70. The zero-order valence-corrected chi connectivity index (χ0v) is 21.8. The molecular formula is C32H37NO4. The van der Waals surface area contributed by atoms with Gasteiger partial charge in [0.25, 0.3) is 0 Å². The van der Waals surface area contributed by atoms with Gasteiger partial charge in [0.05, 0.1) is 30.8 Å². The maximum Gasteiger partial charge on any atom is 0.207 e. The minimum atomic E-state index is -0.671. The lowest BCUT2D eigenvalue weighted by Crippen LogP contribution is -2.80. The summed E-state index contributed by atoms with van der Waals surface area (Å²) < 4.78 is 27.2. The van der Waals surface area contributed by atoms with Crippen molar-refractivity contribution >= 4 is 6.08 Å². The van der Waals surface area contributed by atoms with Crippen molar-refractivity contribution in [2.75, 3.05) is 32.9 Å². The van der Waals surface area contributed by atoms with Gasteiger partial charge in [0.2, 0.25) is 5.79 Å². The van der Waals surface area contributed by atoms with Gasteiger partial charge in [-0.15, -0.1) is 0 Å². The molecule has 8 rings (SSSR count). The quantitative estimate of drug-likeness (QED) is 0.557. The van der Waals surface area contributed by atoms with Crippen LogP contribution in [0.15, 0.2) is 48.5 Å². The molecule has 2 aromatic rings. The zero-order valence-electron chi connectivity index (χ0n) is 21.8. The van der Waals surface area contributed by atoms with Crippen molar-refractivity contribution in [3.05, 3.63) is 70.8 Å². The Labute approximate surface area is 219 Å². The highest BCUT2D eigenvalue weighted by Crippen LogP contribution is 2.68. The van der Waals surface area contributed by atoms with Crippen LogP contribution in [0, 0.1) is 12.8 Å². The molecule has 2 bridgehead atoms. The molecule has 0 radical (unpaired) electrons. The van der Waals surface area contributed by atoms with E-state index in [0.29, 0.717) is 25.9 Å². The average Bonchev–Trinajstić information content (AvgIpc) is 3.48. The molecule has 2 aromatic carbocycles. The second kappa shape index (κ2) is 8.16. The van der Waals surface area contributed by atoms with E-state index < -0.39 is 5.79 Å². The van der Waals surface area contributed by atoms with Crippen molar-refractivity contribution in [3.63, 3.8) is 0 Å². The molecule has 2 unspecified atom stereocenters. The molecule has 0 aromatic heterocycles. The van der Waals surface area contributed by atoms with E-state index in [-0.39, 0.29) is 17.1 Å².